The molecule has 0 aliphatic rings. The molecule has 0 saturated carbocycles. The molecule has 0 spiro atoms. The molecule has 0 aliphatic heterocycles. The van der Waals surface area contributed by atoms with Crippen LogP contribution in [-0.4, -0.2) is 38.0 Å². The fraction of sp³-hybridized carbons (Fsp3) is 0.333. The average Bonchev–Trinajstić information content (AvgIpc) is 2.90. The van der Waals surface area contributed by atoms with Crippen LogP contribution in [-0.2, 0) is 4.43 Å². The summed E-state index contributed by atoms with van der Waals surface area (Å²) in [5.41, 5.74) is 8.30. The molecule has 0 N–H and O–H groups in total. The summed E-state index contributed by atoms with van der Waals surface area (Å²) in [6, 6.07) is 25.3. The minimum atomic E-state index is -1.72. The third-order valence-corrected chi connectivity index (χ3v) is 12.2. The maximum atomic E-state index is 6.40. The molecule has 0 radical (unpaired) electrons. The molecule has 4 aromatic rings. The predicted molar refractivity (Wildman–Crippen MR) is 166 cm³/mol. The summed E-state index contributed by atoms with van der Waals surface area (Å²) in [6.45, 7) is 18.3. The molecule has 0 saturated heterocycles. The van der Waals surface area contributed by atoms with Crippen molar-refractivity contribution in [1.82, 2.24) is 9.97 Å². The number of anilines is 1. The van der Waals surface area contributed by atoms with Crippen LogP contribution in [0, 0.1) is 6.92 Å². The van der Waals surface area contributed by atoms with Gasteiger partial charge in [-0.3, -0.25) is 0 Å². The van der Waals surface area contributed by atoms with Gasteiger partial charge in [0.15, 0.2) is 8.32 Å². The molecule has 1 heterocycles. The monoisotopic (exact) mass is 523 g/mol. The van der Waals surface area contributed by atoms with Crippen LogP contribution in [0.3, 0.4) is 0 Å². The van der Waals surface area contributed by atoms with Gasteiger partial charge in [0.2, 0.25) is 0 Å². The Bertz CT molecular complexity index is 1390. The Labute approximate surface area is 229 Å². The van der Waals surface area contributed by atoms with Crippen molar-refractivity contribution in [3.8, 4) is 11.3 Å². The highest BCUT2D eigenvalue weighted by Gasteiger charge is 2.36. The zero-order chi connectivity index (χ0) is 27.3. The van der Waals surface area contributed by atoms with E-state index in [0.717, 1.165) is 53.2 Å². The Morgan fingerprint density at radius 1 is 0.842 bits per heavy atom. The molecule has 1 aromatic heterocycles. The first-order chi connectivity index (χ1) is 18.1. The van der Waals surface area contributed by atoms with Crippen molar-refractivity contribution in [1.29, 1.82) is 0 Å². The Balaban J connectivity index is 1.44. The van der Waals surface area contributed by atoms with Crippen LogP contribution < -0.4 is 4.90 Å². The van der Waals surface area contributed by atoms with Gasteiger partial charge in [0.1, 0.15) is 0 Å². The van der Waals surface area contributed by atoms with E-state index in [9.17, 15) is 0 Å². The Kier molecular flexibility index (Phi) is 8.49. The zero-order valence-corrected chi connectivity index (χ0v) is 25.0. The van der Waals surface area contributed by atoms with Crippen LogP contribution in [0.2, 0.25) is 18.1 Å². The standard InChI is InChI=1S/C33H41N3OSi/c1-8-36(22-23-37-38(6,7)33(3,4)5)29-19-16-26(17-20-29)14-15-27-18-21-30-31(24-27)35-32(25(2)34-30)28-12-10-9-11-13-28/h9-21,24H,8,22-23H2,1-7H3/b15-14+. The number of likely N-dealkylation sites (N-methyl/N-ethyl adjacent to an activating group) is 1. The summed E-state index contributed by atoms with van der Waals surface area (Å²) in [4.78, 5) is 12.1. The van der Waals surface area contributed by atoms with Gasteiger partial charge in [-0.2, -0.15) is 0 Å². The summed E-state index contributed by atoms with van der Waals surface area (Å²) in [5, 5.41) is 0.235. The first kappa shape index (κ1) is 27.7. The molecule has 3 aromatic carbocycles. The van der Waals surface area contributed by atoms with Gasteiger partial charge < -0.3 is 9.33 Å². The fourth-order valence-corrected chi connectivity index (χ4v) is 5.25. The van der Waals surface area contributed by atoms with Crippen molar-refractivity contribution >= 4 is 37.2 Å². The number of hydrogen-bond acceptors (Lipinski definition) is 4. The molecule has 198 valence electrons. The zero-order valence-electron chi connectivity index (χ0n) is 24.0. The Morgan fingerprint density at radius 3 is 2.16 bits per heavy atom. The van der Waals surface area contributed by atoms with Crippen molar-refractivity contribution in [3.63, 3.8) is 0 Å². The van der Waals surface area contributed by atoms with Crippen LogP contribution in [0.5, 0.6) is 0 Å². The lowest BCUT2D eigenvalue weighted by Crippen LogP contribution is -2.42. The highest BCUT2D eigenvalue weighted by atomic mass is 28.4. The van der Waals surface area contributed by atoms with Gasteiger partial charge in [0.05, 0.1) is 29.0 Å². The van der Waals surface area contributed by atoms with E-state index < -0.39 is 8.32 Å². The Hall–Kier alpha value is -3.28. The van der Waals surface area contributed by atoms with E-state index in [0.29, 0.717) is 0 Å². The number of benzene rings is 3. The first-order valence-electron chi connectivity index (χ1n) is 13.6. The predicted octanol–water partition coefficient (Wildman–Crippen LogP) is 8.62. The summed E-state index contributed by atoms with van der Waals surface area (Å²) in [7, 11) is -1.72. The first-order valence-corrected chi connectivity index (χ1v) is 16.5. The fourth-order valence-electron chi connectivity index (χ4n) is 4.22. The quantitative estimate of drug-likeness (QED) is 0.163. The normalized spacial score (nSPS) is 12.4. The van der Waals surface area contributed by atoms with Crippen molar-refractivity contribution in [2.45, 2.75) is 52.8 Å². The molecule has 0 aliphatic carbocycles. The second-order valence-electron chi connectivity index (χ2n) is 11.4. The summed E-state index contributed by atoms with van der Waals surface area (Å²) < 4.78 is 6.40. The third-order valence-electron chi connectivity index (χ3n) is 7.65. The summed E-state index contributed by atoms with van der Waals surface area (Å²) >= 11 is 0. The largest absolute Gasteiger partial charge is 0.415 e. The molecule has 4 nitrogen and oxygen atoms in total. The number of aromatic nitrogens is 2. The lowest BCUT2D eigenvalue weighted by atomic mass is 10.1. The van der Waals surface area contributed by atoms with E-state index in [2.05, 4.69) is 112 Å². The topological polar surface area (TPSA) is 38.2 Å². The molecule has 4 rings (SSSR count). The molecule has 38 heavy (non-hydrogen) atoms. The van der Waals surface area contributed by atoms with Gasteiger partial charge in [-0.1, -0.05) is 81.5 Å². The number of hydrogen-bond donors (Lipinski definition) is 0. The highest BCUT2D eigenvalue weighted by molar-refractivity contribution is 6.74. The minimum Gasteiger partial charge on any atom is -0.415 e. The van der Waals surface area contributed by atoms with E-state index in [4.69, 9.17) is 14.4 Å². The van der Waals surface area contributed by atoms with Crippen molar-refractivity contribution in [2.75, 3.05) is 24.6 Å². The molecule has 0 atom stereocenters. The van der Waals surface area contributed by atoms with Crippen LogP contribution in [0.1, 0.15) is 44.5 Å². The second kappa shape index (κ2) is 11.6. The van der Waals surface area contributed by atoms with E-state index >= 15 is 0 Å². The van der Waals surface area contributed by atoms with Gasteiger partial charge >= 0.3 is 0 Å². The van der Waals surface area contributed by atoms with Crippen molar-refractivity contribution in [3.05, 3.63) is 89.6 Å². The van der Waals surface area contributed by atoms with Crippen LogP contribution in [0.4, 0.5) is 5.69 Å². The average molecular weight is 524 g/mol. The van der Waals surface area contributed by atoms with Crippen LogP contribution in [0.15, 0.2) is 72.8 Å². The van der Waals surface area contributed by atoms with Gasteiger partial charge in [-0.05, 0) is 67.4 Å². The van der Waals surface area contributed by atoms with Gasteiger partial charge in [0, 0.05) is 24.3 Å². The van der Waals surface area contributed by atoms with Gasteiger partial charge in [0.25, 0.3) is 0 Å². The summed E-state index contributed by atoms with van der Waals surface area (Å²) in [5.74, 6) is 0. The maximum absolute atomic E-state index is 6.40. The molecular weight excluding hydrogens is 482 g/mol. The maximum Gasteiger partial charge on any atom is 0.192 e. The minimum absolute atomic E-state index is 0.235. The lowest BCUT2D eigenvalue weighted by molar-refractivity contribution is 0.294. The van der Waals surface area contributed by atoms with Crippen LogP contribution >= 0.6 is 0 Å². The smallest absolute Gasteiger partial charge is 0.192 e. The SMILES string of the molecule is CCN(CCO[Si](C)(C)C(C)(C)C)c1ccc(/C=C/c2ccc3nc(C)c(-c4ccccc4)nc3c2)cc1. The van der Waals surface area contributed by atoms with E-state index in [-0.39, 0.29) is 5.04 Å². The van der Waals surface area contributed by atoms with E-state index in [1.54, 1.807) is 0 Å². The molecule has 0 fully saturated rings. The van der Waals surface area contributed by atoms with E-state index in [1.165, 1.54) is 11.3 Å². The highest BCUT2D eigenvalue weighted by Crippen LogP contribution is 2.36. The number of aryl methyl sites for hydroxylation is 1. The molecule has 0 bridgehead atoms. The lowest BCUT2D eigenvalue weighted by Gasteiger charge is -2.37. The van der Waals surface area contributed by atoms with E-state index in [1.807, 2.05) is 25.1 Å². The van der Waals surface area contributed by atoms with Crippen LogP contribution in [0.25, 0.3) is 34.4 Å². The molecule has 0 amide bonds. The molecule has 5 heteroatoms. The molecule has 0 unspecified atom stereocenters. The number of nitrogens with zero attached hydrogens (tertiary/aromatic N) is 3. The second-order valence-corrected chi connectivity index (χ2v) is 16.2. The Morgan fingerprint density at radius 2 is 1.50 bits per heavy atom. The number of fused-ring (bicyclic) bond motifs is 1. The van der Waals surface area contributed by atoms with Crippen molar-refractivity contribution < 1.29 is 4.43 Å². The van der Waals surface area contributed by atoms with Gasteiger partial charge in [-0.25, -0.2) is 9.97 Å². The number of rotatable bonds is 9. The van der Waals surface area contributed by atoms with Gasteiger partial charge in [-0.15, -0.1) is 0 Å². The third kappa shape index (κ3) is 6.58. The van der Waals surface area contributed by atoms with Crippen molar-refractivity contribution in [2.24, 2.45) is 0 Å². The molecular formula is C33H41N3OSi. The summed E-state index contributed by atoms with van der Waals surface area (Å²) in [6.07, 6.45) is 4.30.